The van der Waals surface area contributed by atoms with E-state index in [9.17, 15) is 14.0 Å². The topological polar surface area (TPSA) is 52.7 Å². The maximum atomic E-state index is 13.2. The highest BCUT2D eigenvalue weighted by atomic mass is 79.9. The SMILES string of the molecule is O=CNc1cc(F)ccc1N1CCN(C(=O)CBr)CC1. The molecule has 1 aliphatic rings. The number of hydrogen-bond donors (Lipinski definition) is 1. The number of hydrogen-bond acceptors (Lipinski definition) is 3. The summed E-state index contributed by atoms with van der Waals surface area (Å²) in [5.41, 5.74) is 1.21. The Morgan fingerprint density at radius 2 is 2.05 bits per heavy atom. The number of rotatable bonds is 4. The van der Waals surface area contributed by atoms with Crippen LogP contribution in [0.25, 0.3) is 0 Å². The van der Waals surface area contributed by atoms with Gasteiger partial charge in [0, 0.05) is 26.2 Å². The summed E-state index contributed by atoms with van der Waals surface area (Å²) in [6.07, 6.45) is 0.531. The van der Waals surface area contributed by atoms with Gasteiger partial charge in [-0.3, -0.25) is 9.59 Å². The highest BCUT2D eigenvalue weighted by molar-refractivity contribution is 9.09. The van der Waals surface area contributed by atoms with E-state index in [1.807, 2.05) is 4.90 Å². The van der Waals surface area contributed by atoms with Gasteiger partial charge in [-0.2, -0.15) is 0 Å². The van der Waals surface area contributed by atoms with Crippen molar-refractivity contribution in [2.75, 3.05) is 41.7 Å². The molecule has 0 radical (unpaired) electrons. The fourth-order valence-electron chi connectivity index (χ4n) is 2.24. The van der Waals surface area contributed by atoms with Crippen molar-refractivity contribution in [1.82, 2.24) is 4.90 Å². The number of amides is 2. The van der Waals surface area contributed by atoms with E-state index in [4.69, 9.17) is 0 Å². The quantitative estimate of drug-likeness (QED) is 0.664. The number of anilines is 2. The molecule has 5 nitrogen and oxygen atoms in total. The van der Waals surface area contributed by atoms with Crippen molar-refractivity contribution in [2.45, 2.75) is 0 Å². The van der Waals surface area contributed by atoms with Gasteiger partial charge in [0.15, 0.2) is 0 Å². The molecule has 1 aliphatic heterocycles. The maximum absolute atomic E-state index is 13.2. The van der Waals surface area contributed by atoms with Crippen LogP contribution >= 0.6 is 15.9 Å². The lowest BCUT2D eigenvalue weighted by Gasteiger charge is -2.36. The summed E-state index contributed by atoms with van der Waals surface area (Å²) < 4.78 is 13.2. The van der Waals surface area contributed by atoms with E-state index in [2.05, 4.69) is 21.2 Å². The van der Waals surface area contributed by atoms with Crippen LogP contribution in [0.3, 0.4) is 0 Å². The van der Waals surface area contributed by atoms with Crippen molar-refractivity contribution in [3.8, 4) is 0 Å². The predicted octanol–water partition coefficient (Wildman–Crippen LogP) is 1.44. The van der Waals surface area contributed by atoms with E-state index >= 15 is 0 Å². The van der Waals surface area contributed by atoms with Gasteiger partial charge in [0.05, 0.1) is 16.7 Å². The molecule has 0 bridgehead atoms. The lowest BCUT2D eigenvalue weighted by molar-refractivity contribution is -0.128. The average molecular weight is 344 g/mol. The molecule has 1 N–H and O–H groups in total. The highest BCUT2D eigenvalue weighted by Gasteiger charge is 2.22. The second kappa shape index (κ2) is 6.69. The molecule has 1 saturated heterocycles. The van der Waals surface area contributed by atoms with Gasteiger partial charge in [-0.25, -0.2) is 4.39 Å². The van der Waals surface area contributed by atoms with Gasteiger partial charge in [-0.1, -0.05) is 15.9 Å². The van der Waals surface area contributed by atoms with E-state index in [0.29, 0.717) is 43.6 Å². The van der Waals surface area contributed by atoms with Crippen molar-refractivity contribution < 1.29 is 14.0 Å². The molecule has 0 aromatic heterocycles. The van der Waals surface area contributed by atoms with Crippen LogP contribution in [0.1, 0.15) is 0 Å². The lowest BCUT2D eigenvalue weighted by Crippen LogP contribution is -2.49. The van der Waals surface area contributed by atoms with Crippen molar-refractivity contribution in [3.63, 3.8) is 0 Å². The fraction of sp³-hybridized carbons (Fsp3) is 0.385. The zero-order valence-electron chi connectivity index (χ0n) is 10.8. The molecule has 1 aromatic carbocycles. The van der Waals surface area contributed by atoms with Gasteiger partial charge in [0.1, 0.15) is 5.82 Å². The van der Waals surface area contributed by atoms with Crippen molar-refractivity contribution in [3.05, 3.63) is 24.0 Å². The molecule has 108 valence electrons. The van der Waals surface area contributed by atoms with Crippen LogP contribution in [0.4, 0.5) is 15.8 Å². The third-order valence-electron chi connectivity index (χ3n) is 3.26. The summed E-state index contributed by atoms with van der Waals surface area (Å²) in [5, 5.41) is 2.83. The largest absolute Gasteiger partial charge is 0.366 e. The predicted molar refractivity (Wildman–Crippen MR) is 78.7 cm³/mol. The van der Waals surface area contributed by atoms with E-state index in [-0.39, 0.29) is 5.91 Å². The summed E-state index contributed by atoms with van der Waals surface area (Å²) in [5.74, 6) is -0.332. The molecule has 0 aliphatic carbocycles. The second-order valence-electron chi connectivity index (χ2n) is 4.43. The Labute approximate surface area is 124 Å². The zero-order valence-corrected chi connectivity index (χ0v) is 12.4. The van der Waals surface area contributed by atoms with Crippen LogP contribution in [0, 0.1) is 5.82 Å². The summed E-state index contributed by atoms with van der Waals surface area (Å²) in [6, 6.07) is 4.30. The smallest absolute Gasteiger partial charge is 0.233 e. The number of carbonyl (C=O) groups is 2. The Bertz CT molecular complexity index is 504. The first-order valence-electron chi connectivity index (χ1n) is 6.24. The third kappa shape index (κ3) is 3.27. The molecule has 2 rings (SSSR count). The molecule has 1 aromatic rings. The Balaban J connectivity index is 2.10. The molecule has 0 atom stereocenters. The minimum atomic E-state index is -0.397. The van der Waals surface area contributed by atoms with Crippen LogP contribution in [-0.4, -0.2) is 48.7 Å². The zero-order chi connectivity index (χ0) is 14.5. The summed E-state index contributed by atoms with van der Waals surface area (Å²) in [6.45, 7) is 2.53. The van der Waals surface area contributed by atoms with Crippen LogP contribution in [-0.2, 0) is 9.59 Å². The molecule has 1 heterocycles. The lowest BCUT2D eigenvalue weighted by atomic mass is 10.2. The first-order chi connectivity index (χ1) is 9.65. The Morgan fingerprint density at radius 3 is 2.65 bits per heavy atom. The van der Waals surface area contributed by atoms with Crippen LogP contribution < -0.4 is 10.2 Å². The number of alkyl halides is 1. The number of nitrogens with zero attached hydrogens (tertiary/aromatic N) is 2. The average Bonchev–Trinajstić information content (AvgIpc) is 2.47. The van der Waals surface area contributed by atoms with E-state index in [0.717, 1.165) is 5.69 Å². The van der Waals surface area contributed by atoms with Gasteiger partial charge in [0.2, 0.25) is 12.3 Å². The highest BCUT2D eigenvalue weighted by Crippen LogP contribution is 2.27. The van der Waals surface area contributed by atoms with Gasteiger partial charge >= 0.3 is 0 Å². The molecule has 0 spiro atoms. The number of benzene rings is 1. The van der Waals surface area contributed by atoms with Crippen molar-refractivity contribution >= 4 is 39.6 Å². The van der Waals surface area contributed by atoms with Crippen LogP contribution in [0.5, 0.6) is 0 Å². The van der Waals surface area contributed by atoms with E-state index in [1.165, 1.54) is 12.1 Å². The molecule has 0 saturated carbocycles. The first-order valence-corrected chi connectivity index (χ1v) is 7.36. The van der Waals surface area contributed by atoms with Crippen LogP contribution in [0.2, 0.25) is 0 Å². The Kier molecular flexibility index (Phi) is 4.94. The summed E-state index contributed by atoms with van der Waals surface area (Å²) in [4.78, 5) is 26.0. The minimum Gasteiger partial charge on any atom is -0.366 e. The van der Waals surface area contributed by atoms with Gasteiger partial charge in [0.25, 0.3) is 0 Å². The van der Waals surface area contributed by atoms with Gasteiger partial charge in [-0.05, 0) is 18.2 Å². The normalized spacial score (nSPS) is 15.1. The molecule has 1 fully saturated rings. The molecule has 0 unspecified atom stereocenters. The Hall–Kier alpha value is -1.63. The standard InChI is InChI=1S/C13H15BrFN3O2/c14-8-13(20)18-5-3-17(4-6-18)12-2-1-10(15)7-11(12)16-9-19/h1-2,7,9H,3-6,8H2,(H,16,19). The van der Waals surface area contributed by atoms with Gasteiger partial charge < -0.3 is 15.1 Å². The number of piperazine rings is 1. The summed E-state index contributed by atoms with van der Waals surface area (Å²) in [7, 11) is 0. The van der Waals surface area contributed by atoms with E-state index in [1.54, 1.807) is 11.0 Å². The first kappa shape index (κ1) is 14.8. The number of carbonyl (C=O) groups excluding carboxylic acids is 2. The van der Waals surface area contributed by atoms with Crippen molar-refractivity contribution in [1.29, 1.82) is 0 Å². The molecule has 7 heteroatoms. The molecule has 2 amide bonds. The monoisotopic (exact) mass is 343 g/mol. The fourth-order valence-corrected chi connectivity index (χ4v) is 2.60. The van der Waals surface area contributed by atoms with E-state index < -0.39 is 5.82 Å². The Morgan fingerprint density at radius 1 is 1.35 bits per heavy atom. The van der Waals surface area contributed by atoms with Crippen molar-refractivity contribution in [2.24, 2.45) is 0 Å². The third-order valence-corrected chi connectivity index (χ3v) is 3.74. The van der Waals surface area contributed by atoms with Gasteiger partial charge in [-0.15, -0.1) is 0 Å². The summed E-state index contributed by atoms with van der Waals surface area (Å²) >= 11 is 3.16. The minimum absolute atomic E-state index is 0.0648. The molecular formula is C13H15BrFN3O2. The molecular weight excluding hydrogens is 329 g/mol. The number of nitrogens with one attached hydrogen (secondary N) is 1. The number of halogens is 2. The molecule has 20 heavy (non-hydrogen) atoms. The van der Waals surface area contributed by atoms with Crippen LogP contribution in [0.15, 0.2) is 18.2 Å². The maximum Gasteiger partial charge on any atom is 0.233 e. The second-order valence-corrected chi connectivity index (χ2v) is 4.99.